The summed E-state index contributed by atoms with van der Waals surface area (Å²) in [5.41, 5.74) is 3.46. The van der Waals surface area contributed by atoms with Crippen molar-refractivity contribution in [1.82, 2.24) is 5.01 Å². The van der Waals surface area contributed by atoms with E-state index < -0.39 is 34.9 Å². The fourth-order valence-electron chi connectivity index (χ4n) is 5.39. The average molecular weight is 523 g/mol. The Kier molecular flexibility index (Phi) is 6.10. The van der Waals surface area contributed by atoms with E-state index in [4.69, 9.17) is 23.2 Å². The van der Waals surface area contributed by atoms with E-state index in [1.807, 2.05) is 6.08 Å². The van der Waals surface area contributed by atoms with Gasteiger partial charge in [0.1, 0.15) is 11.6 Å². The molecule has 8 heteroatoms. The Morgan fingerprint density at radius 3 is 2.36 bits per heavy atom. The third-order valence-electron chi connectivity index (χ3n) is 6.95. The number of phenols is 1. The van der Waals surface area contributed by atoms with Gasteiger partial charge in [-0.1, -0.05) is 54.1 Å². The Bertz CT molecular complexity index is 1410. The van der Waals surface area contributed by atoms with Crippen LogP contribution < -0.4 is 5.43 Å². The van der Waals surface area contributed by atoms with Crippen LogP contribution in [-0.2, 0) is 15.0 Å². The summed E-state index contributed by atoms with van der Waals surface area (Å²) in [6, 6.07) is 16.8. The highest BCUT2D eigenvalue weighted by Gasteiger charge is 2.66. The van der Waals surface area contributed by atoms with Crippen LogP contribution in [0.4, 0.5) is 10.1 Å². The molecule has 0 aromatic heterocycles. The SMILES string of the molecule is C=CC1=CC[C@H]2C(=O)N(Nc3ccc(F)cc3)C(=O)[C@@]2(c2ccc(Cl)cc2)[C@H]1c1cc(Cl)ccc1O. The molecule has 1 heterocycles. The summed E-state index contributed by atoms with van der Waals surface area (Å²) in [5, 5.41) is 12.7. The molecule has 0 unspecified atom stereocenters. The van der Waals surface area contributed by atoms with Crippen molar-refractivity contribution < 1.29 is 19.1 Å². The molecule has 0 saturated carbocycles. The summed E-state index contributed by atoms with van der Waals surface area (Å²) in [6.07, 6.45) is 3.77. The molecule has 1 aliphatic carbocycles. The third kappa shape index (κ3) is 3.69. The molecule has 2 N–H and O–H groups in total. The number of hydrogen-bond acceptors (Lipinski definition) is 4. The standard InChI is InChI=1S/C28H21Cl2FN2O3/c1-2-16-3-13-23-26(35)33(32-21-11-9-20(31)10-12-21)27(36)28(23,17-4-6-18(29)7-5-17)25(16)22-15-19(30)8-14-24(22)34/h2-12,14-15,23,25,32,34H,1,13H2/t23-,25+,28+/m0/s1. The number of phenolic OH excluding ortho intramolecular Hbond substituents is 1. The second-order valence-corrected chi connectivity index (χ2v) is 9.68. The van der Waals surface area contributed by atoms with E-state index >= 15 is 0 Å². The van der Waals surface area contributed by atoms with Crippen LogP contribution in [0.1, 0.15) is 23.5 Å². The van der Waals surface area contributed by atoms with Crippen molar-refractivity contribution in [2.45, 2.75) is 17.8 Å². The zero-order valence-electron chi connectivity index (χ0n) is 18.9. The highest BCUT2D eigenvalue weighted by Crippen LogP contribution is 2.59. The van der Waals surface area contributed by atoms with E-state index in [0.29, 0.717) is 32.4 Å². The predicted octanol–water partition coefficient (Wildman–Crippen LogP) is 6.39. The van der Waals surface area contributed by atoms with Crippen molar-refractivity contribution in [3.05, 3.63) is 118 Å². The molecule has 1 fully saturated rings. The maximum atomic E-state index is 14.4. The molecule has 0 radical (unpaired) electrons. The first-order valence-corrected chi connectivity index (χ1v) is 12.0. The summed E-state index contributed by atoms with van der Waals surface area (Å²) in [6.45, 7) is 3.94. The zero-order chi connectivity index (χ0) is 25.6. The van der Waals surface area contributed by atoms with Gasteiger partial charge in [-0.2, -0.15) is 5.01 Å². The minimum absolute atomic E-state index is 0.0590. The second kappa shape index (κ2) is 9.12. The molecular formula is C28H21Cl2FN2O3. The first kappa shape index (κ1) is 24.1. The summed E-state index contributed by atoms with van der Waals surface area (Å²) in [7, 11) is 0. The number of anilines is 1. The van der Waals surface area contributed by atoms with Crippen molar-refractivity contribution in [2.75, 3.05) is 5.43 Å². The van der Waals surface area contributed by atoms with Crippen LogP contribution in [0.3, 0.4) is 0 Å². The van der Waals surface area contributed by atoms with Crippen LogP contribution in [0.15, 0.2) is 91.0 Å². The number of fused-ring (bicyclic) bond motifs is 1. The average Bonchev–Trinajstić information content (AvgIpc) is 3.09. The number of amides is 2. The second-order valence-electron chi connectivity index (χ2n) is 8.81. The number of benzene rings is 3. The lowest BCUT2D eigenvalue weighted by molar-refractivity contribution is -0.138. The topological polar surface area (TPSA) is 69.6 Å². The largest absolute Gasteiger partial charge is 0.508 e. The van der Waals surface area contributed by atoms with E-state index in [9.17, 15) is 19.1 Å². The lowest BCUT2D eigenvalue weighted by Crippen LogP contribution is -2.48. The lowest BCUT2D eigenvalue weighted by Gasteiger charge is -2.43. The van der Waals surface area contributed by atoms with Crippen molar-refractivity contribution in [3.8, 4) is 5.75 Å². The van der Waals surface area contributed by atoms with Gasteiger partial charge in [-0.3, -0.25) is 15.0 Å². The normalized spacial score (nSPS) is 23.3. The molecular weight excluding hydrogens is 502 g/mol. The molecule has 3 atom stereocenters. The number of allylic oxidation sites excluding steroid dienone is 3. The van der Waals surface area contributed by atoms with Gasteiger partial charge in [-0.25, -0.2) is 4.39 Å². The molecule has 5 nitrogen and oxygen atoms in total. The van der Waals surface area contributed by atoms with Gasteiger partial charge in [0.05, 0.1) is 17.0 Å². The van der Waals surface area contributed by atoms with Gasteiger partial charge < -0.3 is 5.11 Å². The number of aromatic hydroxyl groups is 1. The van der Waals surface area contributed by atoms with Gasteiger partial charge in [0.25, 0.3) is 11.8 Å². The number of nitrogens with one attached hydrogen (secondary N) is 1. The summed E-state index contributed by atoms with van der Waals surface area (Å²) >= 11 is 12.5. The number of rotatable bonds is 5. The van der Waals surface area contributed by atoms with Gasteiger partial charge in [0, 0.05) is 21.5 Å². The molecule has 0 spiro atoms. The van der Waals surface area contributed by atoms with Gasteiger partial charge in [-0.15, -0.1) is 0 Å². The van der Waals surface area contributed by atoms with Crippen molar-refractivity contribution in [2.24, 2.45) is 5.92 Å². The summed E-state index contributed by atoms with van der Waals surface area (Å²) in [5.74, 6) is -3.03. The van der Waals surface area contributed by atoms with E-state index in [1.165, 1.54) is 30.3 Å². The molecule has 182 valence electrons. The van der Waals surface area contributed by atoms with Gasteiger partial charge >= 0.3 is 0 Å². The van der Waals surface area contributed by atoms with Crippen molar-refractivity contribution >= 4 is 40.7 Å². The minimum Gasteiger partial charge on any atom is -0.508 e. The highest BCUT2D eigenvalue weighted by molar-refractivity contribution is 6.31. The number of halogens is 3. The van der Waals surface area contributed by atoms with Crippen LogP contribution in [0.25, 0.3) is 0 Å². The van der Waals surface area contributed by atoms with Crippen LogP contribution in [0, 0.1) is 11.7 Å². The maximum absolute atomic E-state index is 14.4. The number of carbonyl (C=O) groups excluding carboxylic acids is 2. The molecule has 5 rings (SSSR count). The molecule has 2 amide bonds. The number of carbonyl (C=O) groups is 2. The van der Waals surface area contributed by atoms with Gasteiger partial charge in [0.2, 0.25) is 0 Å². The van der Waals surface area contributed by atoms with E-state index in [0.717, 1.165) is 5.01 Å². The highest BCUT2D eigenvalue weighted by atomic mass is 35.5. The number of nitrogens with zero attached hydrogens (tertiary/aromatic N) is 1. The number of hydrazine groups is 1. The Labute approximate surface area is 217 Å². The fourth-order valence-corrected chi connectivity index (χ4v) is 5.70. The summed E-state index contributed by atoms with van der Waals surface area (Å²) in [4.78, 5) is 28.2. The Morgan fingerprint density at radius 2 is 1.69 bits per heavy atom. The Morgan fingerprint density at radius 1 is 1.03 bits per heavy atom. The first-order valence-electron chi connectivity index (χ1n) is 11.2. The molecule has 3 aromatic rings. The molecule has 36 heavy (non-hydrogen) atoms. The quantitative estimate of drug-likeness (QED) is 0.381. The van der Waals surface area contributed by atoms with Crippen molar-refractivity contribution in [1.29, 1.82) is 0 Å². The smallest absolute Gasteiger partial charge is 0.260 e. The Hall–Kier alpha value is -3.61. The van der Waals surface area contributed by atoms with Gasteiger partial charge in [0.15, 0.2) is 0 Å². The van der Waals surface area contributed by atoms with E-state index in [1.54, 1.807) is 42.5 Å². The lowest BCUT2D eigenvalue weighted by atomic mass is 9.56. The maximum Gasteiger partial charge on any atom is 0.260 e. The molecule has 2 aliphatic rings. The monoisotopic (exact) mass is 522 g/mol. The number of imide groups is 1. The predicted molar refractivity (Wildman–Crippen MR) is 137 cm³/mol. The Balaban J connectivity index is 1.75. The van der Waals surface area contributed by atoms with Crippen LogP contribution >= 0.6 is 23.2 Å². The van der Waals surface area contributed by atoms with Gasteiger partial charge in [-0.05, 0) is 72.2 Å². The molecule has 0 bridgehead atoms. The molecule has 1 saturated heterocycles. The van der Waals surface area contributed by atoms with E-state index in [2.05, 4.69) is 12.0 Å². The van der Waals surface area contributed by atoms with Crippen molar-refractivity contribution in [3.63, 3.8) is 0 Å². The molecule has 1 aliphatic heterocycles. The molecule has 3 aromatic carbocycles. The zero-order valence-corrected chi connectivity index (χ0v) is 20.4. The van der Waals surface area contributed by atoms with Crippen LogP contribution in [0.5, 0.6) is 5.75 Å². The minimum atomic E-state index is -1.44. The third-order valence-corrected chi connectivity index (χ3v) is 7.43. The van der Waals surface area contributed by atoms with E-state index in [-0.39, 0.29) is 12.2 Å². The summed E-state index contributed by atoms with van der Waals surface area (Å²) < 4.78 is 13.5. The number of hydrogen-bond donors (Lipinski definition) is 2. The first-order chi connectivity index (χ1) is 17.3. The van der Waals surface area contributed by atoms with Crippen LogP contribution in [-0.4, -0.2) is 21.9 Å². The fraction of sp³-hybridized carbons (Fsp3) is 0.143. The van der Waals surface area contributed by atoms with Crippen LogP contribution in [0.2, 0.25) is 10.0 Å².